The highest BCUT2D eigenvalue weighted by atomic mass is 32.2. The van der Waals surface area contributed by atoms with Crippen molar-refractivity contribution in [1.82, 2.24) is 10.0 Å². The first kappa shape index (κ1) is 24.4. The molecule has 182 valence electrons. The molecule has 7 nitrogen and oxygen atoms in total. The Hall–Kier alpha value is -2.71. The van der Waals surface area contributed by atoms with Crippen LogP contribution in [0.4, 0.5) is 5.69 Å². The largest absolute Gasteiger partial charge is 0.352 e. The number of nitrogens with one attached hydrogen (secondary N) is 2. The lowest BCUT2D eigenvalue weighted by Gasteiger charge is -2.26. The summed E-state index contributed by atoms with van der Waals surface area (Å²) in [5.41, 5.74) is 2.44. The van der Waals surface area contributed by atoms with Crippen molar-refractivity contribution >= 4 is 27.5 Å². The molecule has 4 rings (SSSR count). The van der Waals surface area contributed by atoms with Gasteiger partial charge < -0.3 is 10.2 Å². The van der Waals surface area contributed by atoms with Crippen LogP contribution in [0.25, 0.3) is 0 Å². The maximum absolute atomic E-state index is 13.4. The molecule has 1 aliphatic carbocycles. The number of benzene rings is 2. The lowest BCUT2D eigenvalue weighted by molar-refractivity contribution is -0.123. The summed E-state index contributed by atoms with van der Waals surface area (Å²) >= 11 is 0. The molecule has 0 saturated heterocycles. The van der Waals surface area contributed by atoms with Crippen molar-refractivity contribution in [2.24, 2.45) is 0 Å². The molecule has 2 unspecified atom stereocenters. The number of fused-ring (bicyclic) bond motifs is 1. The third kappa shape index (κ3) is 5.50. The maximum Gasteiger partial charge on any atom is 0.241 e. The van der Waals surface area contributed by atoms with Crippen LogP contribution >= 0.6 is 0 Å². The smallest absolute Gasteiger partial charge is 0.241 e. The van der Waals surface area contributed by atoms with Gasteiger partial charge in [-0.05, 0) is 61.9 Å². The van der Waals surface area contributed by atoms with Crippen molar-refractivity contribution in [3.63, 3.8) is 0 Å². The van der Waals surface area contributed by atoms with Gasteiger partial charge in [0.1, 0.15) is 6.04 Å². The minimum Gasteiger partial charge on any atom is -0.352 e. The summed E-state index contributed by atoms with van der Waals surface area (Å²) in [6.45, 7) is 3.45. The van der Waals surface area contributed by atoms with Gasteiger partial charge in [-0.15, -0.1) is 0 Å². The van der Waals surface area contributed by atoms with Crippen LogP contribution in [0, 0.1) is 0 Å². The van der Waals surface area contributed by atoms with Gasteiger partial charge in [0.15, 0.2) is 0 Å². The van der Waals surface area contributed by atoms with Crippen LogP contribution in [0.2, 0.25) is 0 Å². The van der Waals surface area contributed by atoms with Crippen LogP contribution in [-0.2, 0) is 32.5 Å². The molecule has 8 heteroatoms. The van der Waals surface area contributed by atoms with E-state index in [0.717, 1.165) is 42.5 Å². The molecule has 1 saturated carbocycles. The molecule has 2 aromatic carbocycles. The van der Waals surface area contributed by atoms with Gasteiger partial charge in [-0.3, -0.25) is 9.59 Å². The van der Waals surface area contributed by atoms with Crippen LogP contribution in [-0.4, -0.2) is 38.4 Å². The Balaban J connectivity index is 1.56. The Bertz CT molecular complexity index is 1140. The first-order chi connectivity index (χ1) is 16.2. The second-order valence-electron chi connectivity index (χ2n) is 9.44. The minimum absolute atomic E-state index is 0.0227. The van der Waals surface area contributed by atoms with Crippen molar-refractivity contribution in [1.29, 1.82) is 0 Å². The Morgan fingerprint density at radius 1 is 1.06 bits per heavy atom. The highest BCUT2D eigenvalue weighted by Gasteiger charge is 2.32. The summed E-state index contributed by atoms with van der Waals surface area (Å²) in [4.78, 5) is 27.0. The maximum atomic E-state index is 13.4. The van der Waals surface area contributed by atoms with Gasteiger partial charge in [-0.1, -0.05) is 49.6 Å². The number of hydrogen-bond donors (Lipinski definition) is 2. The van der Waals surface area contributed by atoms with E-state index in [-0.39, 0.29) is 35.2 Å². The monoisotopic (exact) mass is 483 g/mol. The van der Waals surface area contributed by atoms with Crippen LogP contribution in [0.5, 0.6) is 0 Å². The van der Waals surface area contributed by atoms with E-state index in [0.29, 0.717) is 6.42 Å². The number of carbonyl (C=O) groups is 2. The van der Waals surface area contributed by atoms with Crippen molar-refractivity contribution < 1.29 is 18.0 Å². The molecule has 1 fully saturated rings. The van der Waals surface area contributed by atoms with Gasteiger partial charge in [0.2, 0.25) is 21.8 Å². The Kier molecular flexibility index (Phi) is 7.38. The van der Waals surface area contributed by atoms with E-state index >= 15 is 0 Å². The topological polar surface area (TPSA) is 95.6 Å². The Morgan fingerprint density at radius 3 is 2.44 bits per heavy atom. The Morgan fingerprint density at radius 2 is 1.76 bits per heavy atom. The summed E-state index contributed by atoms with van der Waals surface area (Å²) in [6.07, 6.45) is 6.02. The average Bonchev–Trinajstić information content (AvgIpc) is 3.15. The second-order valence-corrected chi connectivity index (χ2v) is 11.2. The molecule has 2 aliphatic rings. The summed E-state index contributed by atoms with van der Waals surface area (Å²) in [7, 11) is -3.96. The van der Waals surface area contributed by atoms with E-state index in [2.05, 4.69) is 10.0 Å². The lowest BCUT2D eigenvalue weighted by Crippen LogP contribution is -2.50. The Labute approximate surface area is 202 Å². The molecule has 0 aromatic heterocycles. The minimum atomic E-state index is -3.96. The van der Waals surface area contributed by atoms with Gasteiger partial charge in [0, 0.05) is 24.7 Å². The van der Waals surface area contributed by atoms with E-state index < -0.39 is 16.1 Å². The van der Waals surface area contributed by atoms with E-state index in [1.807, 2.05) is 37.3 Å². The standard InChI is InChI=1S/C26H33N3O4S/c1-18-15-21-17-23(13-14-25(21)29(18)19(2)30)34(32,33)28-24(16-20-9-5-3-6-10-20)26(31)27-22-11-7-4-8-12-22/h3,5-6,9-10,13-14,17-18,22,24,28H,4,7-8,11-12,15-16H2,1-2H3,(H,27,31). The van der Waals surface area contributed by atoms with Crippen molar-refractivity contribution in [3.8, 4) is 0 Å². The molecular formula is C26H33N3O4S. The molecule has 2 atom stereocenters. The fraction of sp³-hybridized carbons (Fsp3) is 0.462. The third-order valence-electron chi connectivity index (χ3n) is 6.76. The fourth-order valence-electron chi connectivity index (χ4n) is 5.10. The highest BCUT2D eigenvalue weighted by molar-refractivity contribution is 7.89. The molecule has 34 heavy (non-hydrogen) atoms. The van der Waals surface area contributed by atoms with E-state index in [1.54, 1.807) is 17.0 Å². The highest BCUT2D eigenvalue weighted by Crippen LogP contribution is 2.34. The molecule has 2 N–H and O–H groups in total. The van der Waals surface area contributed by atoms with Crippen LogP contribution < -0.4 is 14.9 Å². The summed E-state index contributed by atoms with van der Waals surface area (Å²) in [5.74, 6) is -0.362. The number of nitrogens with zero attached hydrogens (tertiary/aromatic N) is 1. The second kappa shape index (κ2) is 10.3. The SMILES string of the molecule is CC(=O)N1c2ccc(S(=O)(=O)NC(Cc3ccccc3)C(=O)NC3CCCCC3)cc2CC1C. The predicted octanol–water partition coefficient (Wildman–Crippen LogP) is 3.32. The van der Waals surface area contributed by atoms with Gasteiger partial charge in [0.05, 0.1) is 4.90 Å². The third-order valence-corrected chi connectivity index (χ3v) is 8.23. The normalized spacial score (nSPS) is 19.5. The summed E-state index contributed by atoms with van der Waals surface area (Å²) in [5, 5.41) is 3.07. The van der Waals surface area contributed by atoms with Crippen molar-refractivity contribution in [2.45, 2.75) is 81.8 Å². The first-order valence-electron chi connectivity index (χ1n) is 12.0. The molecule has 2 amide bonds. The van der Waals surface area contributed by atoms with Crippen LogP contribution in [0.3, 0.4) is 0 Å². The van der Waals surface area contributed by atoms with Gasteiger partial charge in [-0.25, -0.2) is 8.42 Å². The van der Waals surface area contributed by atoms with Crippen molar-refractivity contribution in [2.75, 3.05) is 4.90 Å². The van der Waals surface area contributed by atoms with Crippen molar-refractivity contribution in [3.05, 3.63) is 59.7 Å². The molecule has 2 aromatic rings. The molecule has 1 heterocycles. The number of amides is 2. The first-order valence-corrected chi connectivity index (χ1v) is 13.5. The number of anilines is 1. The van der Waals surface area contributed by atoms with E-state index in [1.165, 1.54) is 19.4 Å². The van der Waals surface area contributed by atoms with Crippen LogP contribution in [0.1, 0.15) is 57.1 Å². The van der Waals surface area contributed by atoms with Crippen LogP contribution in [0.15, 0.2) is 53.4 Å². The lowest BCUT2D eigenvalue weighted by atomic mass is 9.95. The zero-order valence-electron chi connectivity index (χ0n) is 19.8. The zero-order chi connectivity index (χ0) is 24.3. The number of sulfonamides is 1. The van der Waals surface area contributed by atoms with Gasteiger partial charge in [-0.2, -0.15) is 4.72 Å². The zero-order valence-corrected chi connectivity index (χ0v) is 20.6. The fourth-order valence-corrected chi connectivity index (χ4v) is 6.34. The molecule has 0 bridgehead atoms. The number of hydrogen-bond acceptors (Lipinski definition) is 4. The average molecular weight is 484 g/mol. The number of carbonyl (C=O) groups excluding carboxylic acids is 2. The van der Waals surface area contributed by atoms with E-state index in [4.69, 9.17) is 0 Å². The van der Waals surface area contributed by atoms with Gasteiger partial charge in [0.25, 0.3) is 0 Å². The van der Waals surface area contributed by atoms with Gasteiger partial charge >= 0.3 is 0 Å². The summed E-state index contributed by atoms with van der Waals surface area (Å²) < 4.78 is 29.4. The molecule has 0 spiro atoms. The molecule has 1 aliphatic heterocycles. The predicted molar refractivity (Wildman–Crippen MR) is 132 cm³/mol. The quantitative estimate of drug-likeness (QED) is 0.632. The number of rotatable bonds is 7. The van der Waals surface area contributed by atoms with E-state index in [9.17, 15) is 18.0 Å². The molecule has 0 radical (unpaired) electrons. The molecular weight excluding hydrogens is 450 g/mol. The summed E-state index contributed by atoms with van der Waals surface area (Å²) in [6, 6.07) is 13.4.